The largest absolute Gasteiger partial charge is 0.392 e. The second kappa shape index (κ2) is 6.48. The summed E-state index contributed by atoms with van der Waals surface area (Å²) in [6.45, 7) is 7.12. The molecular weight excluding hydrogens is 267 g/mol. The van der Waals surface area contributed by atoms with Crippen molar-refractivity contribution >= 4 is 5.69 Å². The lowest BCUT2D eigenvalue weighted by atomic mass is 9.91. The predicted octanol–water partition coefficient (Wildman–Crippen LogP) is 4.35. The summed E-state index contributed by atoms with van der Waals surface area (Å²) < 4.78 is 43.3. The predicted molar refractivity (Wildman–Crippen MR) is 75.0 cm³/mol. The zero-order valence-corrected chi connectivity index (χ0v) is 12.4. The number of halogens is 3. The van der Waals surface area contributed by atoms with E-state index in [1.807, 2.05) is 19.9 Å². The fourth-order valence-corrected chi connectivity index (χ4v) is 2.29. The molecule has 1 atom stereocenters. The average molecular weight is 289 g/mol. The molecule has 20 heavy (non-hydrogen) atoms. The van der Waals surface area contributed by atoms with Crippen molar-refractivity contribution in [2.45, 2.75) is 39.0 Å². The van der Waals surface area contributed by atoms with Crippen LogP contribution in [0.1, 0.15) is 32.8 Å². The zero-order chi connectivity index (χ0) is 15.4. The molecule has 0 amide bonds. The van der Waals surface area contributed by atoms with Crippen molar-refractivity contribution in [2.75, 3.05) is 25.1 Å². The molecule has 0 aliphatic rings. The molecular formula is C15H22F3NO. The number of anilines is 1. The van der Waals surface area contributed by atoms with E-state index in [1.54, 1.807) is 18.2 Å². The van der Waals surface area contributed by atoms with Crippen molar-refractivity contribution < 1.29 is 17.9 Å². The average Bonchev–Trinajstić information content (AvgIpc) is 2.38. The number of rotatable bonds is 6. The molecule has 0 aromatic heterocycles. The van der Waals surface area contributed by atoms with Gasteiger partial charge in [0.25, 0.3) is 0 Å². The normalized spacial score (nSPS) is 14.9. The van der Waals surface area contributed by atoms with Crippen molar-refractivity contribution in [1.29, 1.82) is 0 Å². The second-order valence-electron chi connectivity index (χ2n) is 4.95. The Labute approximate surface area is 118 Å². The van der Waals surface area contributed by atoms with Crippen LogP contribution in [0.25, 0.3) is 0 Å². The van der Waals surface area contributed by atoms with Crippen LogP contribution in [0.3, 0.4) is 0 Å². The highest BCUT2D eigenvalue weighted by Gasteiger charge is 2.40. The van der Waals surface area contributed by atoms with Crippen LogP contribution in [0.5, 0.6) is 0 Å². The molecule has 114 valence electrons. The molecule has 1 aromatic rings. The molecule has 0 bridgehead atoms. The topological polar surface area (TPSA) is 12.5 Å². The number of alkyl halides is 3. The molecule has 0 radical (unpaired) electrons. The first-order valence-electron chi connectivity index (χ1n) is 6.73. The van der Waals surface area contributed by atoms with Crippen molar-refractivity contribution in [1.82, 2.24) is 0 Å². The number of benzene rings is 1. The van der Waals surface area contributed by atoms with Crippen LogP contribution in [-0.4, -0.2) is 26.4 Å². The van der Waals surface area contributed by atoms with Gasteiger partial charge < -0.3 is 9.64 Å². The minimum absolute atomic E-state index is 0.543. The lowest BCUT2D eigenvalue weighted by Crippen LogP contribution is -2.31. The summed E-state index contributed by atoms with van der Waals surface area (Å²) in [7, 11) is 1.32. The Kier molecular flexibility index (Phi) is 5.45. The summed E-state index contributed by atoms with van der Waals surface area (Å²) in [6, 6.07) is 7.14. The minimum atomic E-state index is -4.27. The Morgan fingerprint density at radius 2 is 1.75 bits per heavy atom. The van der Waals surface area contributed by atoms with E-state index in [-0.39, 0.29) is 0 Å². The van der Waals surface area contributed by atoms with Crippen molar-refractivity contribution in [3.05, 3.63) is 29.8 Å². The van der Waals surface area contributed by atoms with E-state index in [9.17, 15) is 13.2 Å². The fourth-order valence-electron chi connectivity index (χ4n) is 2.29. The van der Waals surface area contributed by atoms with Crippen molar-refractivity contribution in [2.24, 2.45) is 0 Å². The van der Waals surface area contributed by atoms with Crippen LogP contribution in [0.2, 0.25) is 0 Å². The standard InChI is InChI=1S/C15H22F3NO/c1-5-19(6-2)13-9-7-8-12(10-13)14(3,20-4)11-15(16,17)18/h7-10H,5-6,11H2,1-4H3. The molecule has 1 unspecified atom stereocenters. The quantitative estimate of drug-likeness (QED) is 0.772. The summed E-state index contributed by atoms with van der Waals surface area (Å²) in [5, 5.41) is 0. The van der Waals surface area contributed by atoms with Gasteiger partial charge in [0, 0.05) is 25.9 Å². The summed E-state index contributed by atoms with van der Waals surface area (Å²) >= 11 is 0. The minimum Gasteiger partial charge on any atom is -0.373 e. The van der Waals surface area contributed by atoms with Gasteiger partial charge in [-0.1, -0.05) is 12.1 Å². The van der Waals surface area contributed by atoms with E-state index in [0.29, 0.717) is 5.56 Å². The van der Waals surface area contributed by atoms with Gasteiger partial charge in [0.05, 0.1) is 12.0 Å². The van der Waals surface area contributed by atoms with E-state index in [4.69, 9.17) is 4.74 Å². The van der Waals surface area contributed by atoms with Gasteiger partial charge in [-0.25, -0.2) is 0 Å². The summed E-state index contributed by atoms with van der Waals surface area (Å²) in [5.41, 5.74) is 0.0983. The van der Waals surface area contributed by atoms with E-state index in [0.717, 1.165) is 18.8 Å². The molecule has 1 aromatic carbocycles. The molecule has 0 spiro atoms. The SMILES string of the molecule is CCN(CC)c1cccc(C(C)(CC(F)(F)F)OC)c1. The number of nitrogens with zero attached hydrogens (tertiary/aromatic N) is 1. The van der Waals surface area contributed by atoms with E-state index in [1.165, 1.54) is 14.0 Å². The third kappa shape index (κ3) is 4.13. The molecule has 0 aliphatic heterocycles. The maximum Gasteiger partial charge on any atom is 0.392 e. The van der Waals surface area contributed by atoms with Gasteiger partial charge in [-0.2, -0.15) is 13.2 Å². The lowest BCUT2D eigenvalue weighted by molar-refractivity contribution is -0.181. The first-order chi connectivity index (χ1) is 9.25. The maximum absolute atomic E-state index is 12.7. The maximum atomic E-state index is 12.7. The highest BCUT2D eigenvalue weighted by atomic mass is 19.4. The number of methoxy groups -OCH3 is 1. The summed E-state index contributed by atoms with van der Waals surface area (Å²) in [6.07, 6.45) is -5.27. The van der Waals surface area contributed by atoms with Gasteiger partial charge in [0.1, 0.15) is 0 Å². The van der Waals surface area contributed by atoms with E-state index in [2.05, 4.69) is 4.90 Å². The van der Waals surface area contributed by atoms with Crippen LogP contribution in [0, 0.1) is 0 Å². The van der Waals surface area contributed by atoms with Crippen LogP contribution >= 0.6 is 0 Å². The van der Waals surface area contributed by atoms with Crippen LogP contribution in [-0.2, 0) is 10.3 Å². The Morgan fingerprint density at radius 3 is 2.20 bits per heavy atom. The fraction of sp³-hybridized carbons (Fsp3) is 0.600. The number of ether oxygens (including phenoxy) is 1. The van der Waals surface area contributed by atoms with Gasteiger partial charge in [-0.15, -0.1) is 0 Å². The van der Waals surface area contributed by atoms with Gasteiger partial charge >= 0.3 is 6.18 Å². The molecule has 0 saturated carbocycles. The van der Waals surface area contributed by atoms with E-state index < -0.39 is 18.2 Å². The van der Waals surface area contributed by atoms with Crippen molar-refractivity contribution in [3.63, 3.8) is 0 Å². The Hall–Kier alpha value is -1.23. The Balaban J connectivity index is 3.13. The Morgan fingerprint density at radius 1 is 1.15 bits per heavy atom. The molecule has 0 saturated heterocycles. The van der Waals surface area contributed by atoms with Crippen LogP contribution in [0.15, 0.2) is 24.3 Å². The number of hydrogen-bond donors (Lipinski definition) is 0. The Bertz CT molecular complexity index is 429. The van der Waals surface area contributed by atoms with Gasteiger partial charge in [0.2, 0.25) is 0 Å². The first kappa shape index (κ1) is 16.8. The first-order valence-corrected chi connectivity index (χ1v) is 6.73. The van der Waals surface area contributed by atoms with Crippen LogP contribution in [0.4, 0.5) is 18.9 Å². The zero-order valence-electron chi connectivity index (χ0n) is 12.4. The van der Waals surface area contributed by atoms with Gasteiger partial charge in [-0.05, 0) is 38.5 Å². The third-order valence-corrected chi connectivity index (χ3v) is 3.57. The monoisotopic (exact) mass is 289 g/mol. The smallest absolute Gasteiger partial charge is 0.373 e. The molecule has 0 fully saturated rings. The molecule has 5 heteroatoms. The highest BCUT2D eigenvalue weighted by Crippen LogP contribution is 2.38. The number of hydrogen-bond acceptors (Lipinski definition) is 2. The van der Waals surface area contributed by atoms with Gasteiger partial charge in [0.15, 0.2) is 0 Å². The van der Waals surface area contributed by atoms with Crippen LogP contribution < -0.4 is 4.90 Å². The second-order valence-corrected chi connectivity index (χ2v) is 4.95. The molecule has 2 nitrogen and oxygen atoms in total. The highest BCUT2D eigenvalue weighted by molar-refractivity contribution is 5.49. The van der Waals surface area contributed by atoms with Gasteiger partial charge in [-0.3, -0.25) is 0 Å². The molecule has 0 heterocycles. The molecule has 1 rings (SSSR count). The third-order valence-electron chi connectivity index (χ3n) is 3.57. The van der Waals surface area contributed by atoms with E-state index >= 15 is 0 Å². The molecule has 0 aliphatic carbocycles. The molecule has 0 N–H and O–H groups in total. The van der Waals surface area contributed by atoms with Crippen molar-refractivity contribution in [3.8, 4) is 0 Å². The lowest BCUT2D eigenvalue weighted by Gasteiger charge is -2.31. The summed E-state index contributed by atoms with van der Waals surface area (Å²) in [4.78, 5) is 2.09. The summed E-state index contributed by atoms with van der Waals surface area (Å²) in [5.74, 6) is 0.